The van der Waals surface area contributed by atoms with Gasteiger partial charge in [0.1, 0.15) is 5.75 Å². The molecule has 1 fully saturated rings. The van der Waals surface area contributed by atoms with Crippen LogP contribution >= 0.6 is 0 Å². The first-order chi connectivity index (χ1) is 10.2. The van der Waals surface area contributed by atoms with E-state index in [2.05, 4.69) is 11.8 Å². The maximum atomic E-state index is 9.57. The minimum Gasteiger partial charge on any atom is -0.497 e. The first-order valence-electron chi connectivity index (χ1n) is 7.92. The predicted octanol–water partition coefficient (Wildman–Crippen LogP) is 1.53. The molecule has 21 heavy (non-hydrogen) atoms. The lowest BCUT2D eigenvalue weighted by Crippen LogP contribution is -2.39. The van der Waals surface area contributed by atoms with Gasteiger partial charge in [0.15, 0.2) is 0 Å². The summed E-state index contributed by atoms with van der Waals surface area (Å²) >= 11 is 0. The molecule has 0 aromatic heterocycles. The van der Waals surface area contributed by atoms with E-state index in [0.29, 0.717) is 11.5 Å². The van der Waals surface area contributed by atoms with Gasteiger partial charge in [0, 0.05) is 12.6 Å². The first kappa shape index (κ1) is 16.3. The molecular weight excluding hydrogens is 265 g/mol. The van der Waals surface area contributed by atoms with Gasteiger partial charge >= 0.3 is 7.12 Å². The topological polar surface area (TPSA) is 52.9 Å². The maximum absolute atomic E-state index is 9.57. The molecule has 0 amide bonds. The minimum absolute atomic E-state index is 0.579. The van der Waals surface area contributed by atoms with E-state index in [1.807, 2.05) is 6.07 Å². The van der Waals surface area contributed by atoms with Crippen LogP contribution in [0.5, 0.6) is 5.75 Å². The van der Waals surface area contributed by atoms with Crippen LogP contribution in [0.3, 0.4) is 0 Å². The molecule has 2 N–H and O–H groups in total. The van der Waals surface area contributed by atoms with Crippen LogP contribution in [0, 0.1) is 0 Å². The molecule has 0 saturated carbocycles. The molecule has 4 nitrogen and oxygen atoms in total. The highest BCUT2D eigenvalue weighted by Crippen LogP contribution is 2.22. The number of ether oxygens (including phenoxy) is 1. The number of benzene rings is 1. The summed E-state index contributed by atoms with van der Waals surface area (Å²) in [6, 6.07) is 6.03. The van der Waals surface area contributed by atoms with Crippen LogP contribution in [0.2, 0.25) is 0 Å². The Kier molecular flexibility index (Phi) is 6.09. The number of rotatable bonds is 5. The molecule has 1 aliphatic heterocycles. The van der Waals surface area contributed by atoms with Crippen LogP contribution in [0.15, 0.2) is 18.2 Å². The lowest BCUT2D eigenvalue weighted by Gasteiger charge is -2.30. The summed E-state index contributed by atoms with van der Waals surface area (Å²) in [6.07, 6.45) is 6.18. The zero-order chi connectivity index (χ0) is 15.2. The number of hydrogen-bond acceptors (Lipinski definition) is 4. The van der Waals surface area contributed by atoms with Crippen LogP contribution in [0.1, 0.15) is 44.6 Å². The molecule has 5 heteroatoms. The van der Waals surface area contributed by atoms with Gasteiger partial charge < -0.3 is 14.8 Å². The van der Waals surface area contributed by atoms with Gasteiger partial charge in [-0.1, -0.05) is 25.8 Å². The van der Waals surface area contributed by atoms with Gasteiger partial charge in [-0.25, -0.2) is 0 Å². The molecule has 1 atom stereocenters. The molecule has 1 heterocycles. The highest BCUT2D eigenvalue weighted by molar-refractivity contribution is 6.59. The molecule has 0 aliphatic carbocycles. The van der Waals surface area contributed by atoms with Gasteiger partial charge in [-0.15, -0.1) is 0 Å². The molecule has 2 rings (SSSR count). The summed E-state index contributed by atoms with van der Waals surface area (Å²) < 4.78 is 5.27. The maximum Gasteiger partial charge on any atom is 0.488 e. The lowest BCUT2D eigenvalue weighted by atomic mass is 9.76. The fourth-order valence-electron chi connectivity index (χ4n) is 3.22. The van der Waals surface area contributed by atoms with Crippen LogP contribution < -0.4 is 10.2 Å². The Morgan fingerprint density at radius 2 is 2.10 bits per heavy atom. The third kappa shape index (κ3) is 4.22. The average Bonchev–Trinajstić information content (AvgIpc) is 2.71. The van der Waals surface area contributed by atoms with E-state index in [9.17, 15) is 10.0 Å². The van der Waals surface area contributed by atoms with Gasteiger partial charge in [-0.05, 0) is 49.0 Å². The second-order valence-electron chi connectivity index (χ2n) is 5.82. The van der Waals surface area contributed by atoms with E-state index in [1.54, 1.807) is 19.2 Å². The van der Waals surface area contributed by atoms with Gasteiger partial charge in [-0.3, -0.25) is 4.90 Å². The SMILES string of the molecule is CCC1CCCCCN1Cc1cc(OC)ccc1B(O)O. The monoisotopic (exact) mass is 291 g/mol. The second kappa shape index (κ2) is 7.83. The van der Waals surface area contributed by atoms with Crippen molar-refractivity contribution in [1.82, 2.24) is 4.90 Å². The Morgan fingerprint density at radius 3 is 2.76 bits per heavy atom. The van der Waals surface area contributed by atoms with E-state index in [-0.39, 0.29) is 0 Å². The van der Waals surface area contributed by atoms with Crippen molar-refractivity contribution < 1.29 is 14.8 Å². The molecular formula is C16H26BNO3. The second-order valence-corrected chi connectivity index (χ2v) is 5.82. The van der Waals surface area contributed by atoms with E-state index >= 15 is 0 Å². The standard InChI is InChI=1S/C16H26BNO3/c1-3-14-7-5-4-6-10-18(14)12-13-11-15(21-2)8-9-16(13)17(19)20/h8-9,11,14,19-20H,3-7,10,12H2,1-2H3. The third-order valence-corrected chi connectivity index (χ3v) is 4.47. The first-order valence-corrected chi connectivity index (χ1v) is 7.92. The van der Waals surface area contributed by atoms with Gasteiger partial charge in [0.25, 0.3) is 0 Å². The van der Waals surface area contributed by atoms with E-state index in [1.165, 1.54) is 25.7 Å². The molecule has 0 bridgehead atoms. The highest BCUT2D eigenvalue weighted by Gasteiger charge is 2.23. The molecule has 0 radical (unpaired) electrons. The number of nitrogens with zero attached hydrogens (tertiary/aromatic N) is 1. The third-order valence-electron chi connectivity index (χ3n) is 4.47. The van der Waals surface area contributed by atoms with Crippen molar-refractivity contribution in [3.63, 3.8) is 0 Å². The fourth-order valence-corrected chi connectivity index (χ4v) is 3.22. The summed E-state index contributed by atoms with van der Waals surface area (Å²) in [4.78, 5) is 2.48. The van der Waals surface area contributed by atoms with Crippen molar-refractivity contribution in [2.24, 2.45) is 0 Å². The Morgan fingerprint density at radius 1 is 1.29 bits per heavy atom. The zero-order valence-corrected chi connectivity index (χ0v) is 13.1. The largest absolute Gasteiger partial charge is 0.497 e. The van der Waals surface area contributed by atoms with E-state index in [4.69, 9.17) is 4.74 Å². The average molecular weight is 291 g/mol. The number of likely N-dealkylation sites (tertiary alicyclic amines) is 1. The highest BCUT2D eigenvalue weighted by atomic mass is 16.5. The van der Waals surface area contributed by atoms with Crippen LogP contribution in [0.25, 0.3) is 0 Å². The van der Waals surface area contributed by atoms with Gasteiger partial charge in [0.2, 0.25) is 0 Å². The van der Waals surface area contributed by atoms with Crippen LogP contribution in [-0.2, 0) is 6.54 Å². The summed E-state index contributed by atoms with van der Waals surface area (Å²) in [5, 5.41) is 19.1. The normalized spacial score (nSPS) is 20.1. The van der Waals surface area contributed by atoms with Crippen molar-refractivity contribution in [2.45, 2.75) is 51.6 Å². The summed E-state index contributed by atoms with van der Waals surface area (Å²) in [7, 11) is 0.201. The molecule has 1 saturated heterocycles. The molecule has 1 aliphatic rings. The van der Waals surface area contributed by atoms with Crippen molar-refractivity contribution in [3.8, 4) is 5.75 Å². The summed E-state index contributed by atoms with van der Waals surface area (Å²) in [5.41, 5.74) is 1.53. The Hall–Kier alpha value is -1.04. The Bertz CT molecular complexity index is 453. The van der Waals surface area contributed by atoms with Crippen molar-refractivity contribution in [1.29, 1.82) is 0 Å². The molecule has 1 unspecified atom stereocenters. The Labute approximate surface area is 127 Å². The molecule has 116 valence electrons. The van der Waals surface area contributed by atoms with Crippen molar-refractivity contribution in [3.05, 3.63) is 23.8 Å². The predicted molar refractivity (Wildman–Crippen MR) is 85.8 cm³/mol. The van der Waals surface area contributed by atoms with Gasteiger partial charge in [0.05, 0.1) is 7.11 Å². The lowest BCUT2D eigenvalue weighted by molar-refractivity contribution is 0.186. The van der Waals surface area contributed by atoms with Crippen molar-refractivity contribution >= 4 is 12.6 Å². The number of methoxy groups -OCH3 is 1. The minimum atomic E-state index is -1.43. The zero-order valence-electron chi connectivity index (χ0n) is 13.1. The summed E-state index contributed by atoms with van der Waals surface area (Å²) in [5.74, 6) is 0.761. The van der Waals surface area contributed by atoms with E-state index in [0.717, 1.165) is 30.8 Å². The van der Waals surface area contributed by atoms with Crippen LogP contribution in [-0.4, -0.2) is 41.8 Å². The Balaban J connectivity index is 2.22. The van der Waals surface area contributed by atoms with Crippen LogP contribution in [0.4, 0.5) is 0 Å². The molecule has 1 aromatic carbocycles. The molecule has 0 spiro atoms. The fraction of sp³-hybridized carbons (Fsp3) is 0.625. The van der Waals surface area contributed by atoms with Gasteiger partial charge in [-0.2, -0.15) is 0 Å². The quantitative estimate of drug-likeness (QED) is 0.808. The summed E-state index contributed by atoms with van der Waals surface area (Å²) in [6.45, 7) is 4.07. The van der Waals surface area contributed by atoms with Crippen molar-refractivity contribution in [2.75, 3.05) is 13.7 Å². The smallest absolute Gasteiger partial charge is 0.488 e. The molecule has 1 aromatic rings. The number of hydrogen-bond donors (Lipinski definition) is 2. The van der Waals surface area contributed by atoms with E-state index < -0.39 is 7.12 Å².